The van der Waals surface area contributed by atoms with Crippen molar-refractivity contribution in [2.45, 2.75) is 68.7 Å². The number of hydrogen-bond donors (Lipinski definition) is 1. The van der Waals surface area contributed by atoms with E-state index in [1.807, 2.05) is 25.1 Å². The summed E-state index contributed by atoms with van der Waals surface area (Å²) < 4.78 is 28.4. The van der Waals surface area contributed by atoms with Gasteiger partial charge in [0.05, 0.1) is 4.90 Å². The van der Waals surface area contributed by atoms with Crippen LogP contribution < -0.4 is 4.72 Å². The molecule has 0 bridgehead atoms. The van der Waals surface area contributed by atoms with Crippen LogP contribution in [0, 0.1) is 6.92 Å². The van der Waals surface area contributed by atoms with E-state index in [1.54, 1.807) is 12.1 Å². The lowest BCUT2D eigenvalue weighted by Gasteiger charge is -2.30. The molecule has 0 radical (unpaired) electrons. The normalized spacial score (nSPS) is 17.5. The molecule has 1 N–H and O–H groups in total. The summed E-state index contributed by atoms with van der Waals surface area (Å²) in [5.74, 6) is 0. The second-order valence-corrected chi connectivity index (χ2v) is 8.12. The van der Waals surface area contributed by atoms with Gasteiger partial charge in [-0.3, -0.25) is 0 Å². The fraction of sp³-hybridized carbons (Fsp3) is 0.556. The Kier molecular flexibility index (Phi) is 5.81. The SMILES string of the molecule is C=CCCCCC1(NS(=O)(=O)c2ccc(C)cc2)CCCC1. The minimum Gasteiger partial charge on any atom is -0.207 e. The first-order valence-electron chi connectivity index (χ1n) is 8.19. The summed E-state index contributed by atoms with van der Waals surface area (Å²) in [6.07, 6.45) is 10.1. The first-order chi connectivity index (χ1) is 10.5. The summed E-state index contributed by atoms with van der Waals surface area (Å²) in [5.41, 5.74) is 0.823. The van der Waals surface area contributed by atoms with E-state index in [9.17, 15) is 8.42 Å². The first kappa shape index (κ1) is 17.2. The van der Waals surface area contributed by atoms with Gasteiger partial charge in [-0.2, -0.15) is 0 Å². The Labute approximate surface area is 134 Å². The van der Waals surface area contributed by atoms with Crippen molar-refractivity contribution in [1.29, 1.82) is 0 Å². The molecule has 0 unspecified atom stereocenters. The molecule has 1 fully saturated rings. The zero-order chi connectivity index (χ0) is 16.1. The number of allylic oxidation sites excluding steroid dienone is 1. The van der Waals surface area contributed by atoms with Crippen LogP contribution in [0.1, 0.15) is 56.9 Å². The van der Waals surface area contributed by atoms with Gasteiger partial charge in [-0.1, -0.05) is 43.0 Å². The van der Waals surface area contributed by atoms with E-state index in [4.69, 9.17) is 0 Å². The zero-order valence-corrected chi connectivity index (χ0v) is 14.3. The molecule has 0 heterocycles. The Balaban J connectivity index is 2.09. The van der Waals surface area contributed by atoms with E-state index in [1.165, 1.54) is 0 Å². The summed E-state index contributed by atoms with van der Waals surface area (Å²) >= 11 is 0. The van der Waals surface area contributed by atoms with Crippen LogP contribution in [0.25, 0.3) is 0 Å². The smallest absolute Gasteiger partial charge is 0.207 e. The van der Waals surface area contributed by atoms with Crippen LogP contribution in [0.2, 0.25) is 0 Å². The second kappa shape index (κ2) is 7.42. The summed E-state index contributed by atoms with van der Waals surface area (Å²) in [6, 6.07) is 7.08. The molecule has 3 nitrogen and oxygen atoms in total. The Hall–Kier alpha value is -1.13. The highest BCUT2D eigenvalue weighted by molar-refractivity contribution is 7.89. The molecule has 0 amide bonds. The lowest BCUT2D eigenvalue weighted by atomic mass is 9.92. The van der Waals surface area contributed by atoms with Crippen molar-refractivity contribution in [3.8, 4) is 0 Å². The maximum Gasteiger partial charge on any atom is 0.241 e. The third-order valence-corrected chi connectivity index (χ3v) is 6.15. The topological polar surface area (TPSA) is 46.2 Å². The van der Waals surface area contributed by atoms with Crippen molar-refractivity contribution in [2.75, 3.05) is 0 Å². The van der Waals surface area contributed by atoms with Crippen molar-refractivity contribution < 1.29 is 8.42 Å². The summed E-state index contributed by atoms with van der Waals surface area (Å²) in [6.45, 7) is 5.70. The van der Waals surface area contributed by atoms with E-state index in [2.05, 4.69) is 11.3 Å². The van der Waals surface area contributed by atoms with E-state index < -0.39 is 10.0 Å². The number of hydrogen-bond acceptors (Lipinski definition) is 2. The third-order valence-electron chi connectivity index (χ3n) is 4.56. The standard InChI is InChI=1S/C18H27NO2S/c1-3-4-5-6-13-18(14-7-8-15-18)19-22(20,21)17-11-9-16(2)10-12-17/h3,9-12,19H,1,4-8,13-15H2,2H3. The van der Waals surface area contributed by atoms with E-state index in [-0.39, 0.29) is 5.54 Å². The predicted molar refractivity (Wildman–Crippen MR) is 91.4 cm³/mol. The minimum atomic E-state index is -3.43. The van der Waals surface area contributed by atoms with Crippen LogP contribution in [-0.4, -0.2) is 14.0 Å². The lowest BCUT2D eigenvalue weighted by molar-refractivity contribution is 0.349. The molecule has 1 saturated carbocycles. The molecular formula is C18H27NO2S. The summed E-state index contributed by atoms with van der Waals surface area (Å²) in [4.78, 5) is 0.371. The maximum absolute atomic E-state index is 12.7. The van der Waals surface area contributed by atoms with Gasteiger partial charge in [0.1, 0.15) is 0 Å². The molecule has 0 aromatic heterocycles. The Morgan fingerprint density at radius 2 is 1.82 bits per heavy atom. The highest BCUT2D eigenvalue weighted by atomic mass is 32.2. The van der Waals surface area contributed by atoms with Crippen LogP contribution in [0.5, 0.6) is 0 Å². The number of benzene rings is 1. The Morgan fingerprint density at radius 3 is 2.41 bits per heavy atom. The molecule has 1 aliphatic rings. The molecular weight excluding hydrogens is 294 g/mol. The number of sulfonamides is 1. The molecule has 122 valence electrons. The highest BCUT2D eigenvalue weighted by Crippen LogP contribution is 2.35. The van der Waals surface area contributed by atoms with Crippen LogP contribution >= 0.6 is 0 Å². The number of aryl methyl sites for hydroxylation is 1. The van der Waals surface area contributed by atoms with Crippen molar-refractivity contribution >= 4 is 10.0 Å². The fourth-order valence-electron chi connectivity index (χ4n) is 3.27. The lowest BCUT2D eigenvalue weighted by Crippen LogP contribution is -2.46. The molecule has 0 spiro atoms. The third kappa shape index (κ3) is 4.43. The second-order valence-electron chi connectivity index (χ2n) is 6.44. The Bertz CT molecular complexity index is 584. The van der Waals surface area contributed by atoms with Gasteiger partial charge in [0.25, 0.3) is 0 Å². The van der Waals surface area contributed by atoms with Gasteiger partial charge in [0.2, 0.25) is 10.0 Å². The zero-order valence-electron chi connectivity index (χ0n) is 13.5. The van der Waals surface area contributed by atoms with Crippen molar-refractivity contribution in [3.63, 3.8) is 0 Å². The van der Waals surface area contributed by atoms with Crippen molar-refractivity contribution in [3.05, 3.63) is 42.5 Å². The Morgan fingerprint density at radius 1 is 1.18 bits per heavy atom. The highest BCUT2D eigenvalue weighted by Gasteiger charge is 2.37. The van der Waals surface area contributed by atoms with E-state index >= 15 is 0 Å². The molecule has 1 aromatic carbocycles. The number of unbranched alkanes of at least 4 members (excludes halogenated alkanes) is 2. The molecule has 0 aliphatic heterocycles. The van der Waals surface area contributed by atoms with Crippen LogP contribution in [0.4, 0.5) is 0 Å². The van der Waals surface area contributed by atoms with Gasteiger partial charge in [0, 0.05) is 5.54 Å². The van der Waals surface area contributed by atoms with Crippen LogP contribution in [0.3, 0.4) is 0 Å². The maximum atomic E-state index is 12.7. The van der Waals surface area contributed by atoms with E-state index in [0.29, 0.717) is 4.90 Å². The summed E-state index contributed by atoms with van der Waals surface area (Å²) in [7, 11) is -3.43. The monoisotopic (exact) mass is 321 g/mol. The van der Waals surface area contributed by atoms with Gasteiger partial charge in [-0.25, -0.2) is 13.1 Å². The van der Waals surface area contributed by atoms with Crippen molar-refractivity contribution in [1.82, 2.24) is 4.72 Å². The molecule has 1 aromatic rings. The number of nitrogens with one attached hydrogen (secondary N) is 1. The largest absolute Gasteiger partial charge is 0.241 e. The molecule has 1 aliphatic carbocycles. The first-order valence-corrected chi connectivity index (χ1v) is 9.67. The van der Waals surface area contributed by atoms with Gasteiger partial charge in [-0.15, -0.1) is 6.58 Å². The molecule has 0 atom stereocenters. The van der Waals surface area contributed by atoms with Crippen LogP contribution in [-0.2, 0) is 10.0 Å². The molecule has 2 rings (SSSR count). The van der Waals surface area contributed by atoms with Gasteiger partial charge < -0.3 is 0 Å². The molecule has 0 saturated heterocycles. The molecule has 22 heavy (non-hydrogen) atoms. The van der Waals surface area contributed by atoms with Crippen molar-refractivity contribution in [2.24, 2.45) is 0 Å². The van der Waals surface area contributed by atoms with Gasteiger partial charge >= 0.3 is 0 Å². The fourth-order valence-corrected chi connectivity index (χ4v) is 4.76. The summed E-state index contributed by atoms with van der Waals surface area (Å²) in [5, 5.41) is 0. The van der Waals surface area contributed by atoms with Gasteiger partial charge in [-0.05, 0) is 51.2 Å². The average Bonchev–Trinajstić information content (AvgIpc) is 2.92. The number of rotatable bonds is 8. The quantitative estimate of drug-likeness (QED) is 0.572. The average molecular weight is 321 g/mol. The van der Waals surface area contributed by atoms with Crippen LogP contribution in [0.15, 0.2) is 41.8 Å². The molecule has 4 heteroatoms. The van der Waals surface area contributed by atoms with Gasteiger partial charge in [0.15, 0.2) is 0 Å². The van der Waals surface area contributed by atoms with E-state index in [0.717, 1.165) is 56.9 Å². The minimum absolute atomic E-state index is 0.245. The predicted octanol–water partition coefficient (Wildman–Crippen LogP) is 4.33.